The molecule has 0 N–H and O–H groups in total. The van der Waals surface area contributed by atoms with Crippen molar-refractivity contribution in [2.24, 2.45) is 0 Å². The summed E-state index contributed by atoms with van der Waals surface area (Å²) >= 11 is 0. The van der Waals surface area contributed by atoms with Gasteiger partial charge in [-0.1, -0.05) is 12.5 Å². The maximum absolute atomic E-state index is 10.8. The normalized spacial score (nSPS) is 23.0. The summed E-state index contributed by atoms with van der Waals surface area (Å²) in [6.07, 6.45) is 8.91. The summed E-state index contributed by atoms with van der Waals surface area (Å²) in [5, 5.41) is 0. The van der Waals surface area contributed by atoms with Crippen LogP contribution in [0.5, 0.6) is 0 Å². The first kappa shape index (κ1) is 10.1. The van der Waals surface area contributed by atoms with Crippen molar-refractivity contribution in [2.75, 3.05) is 7.11 Å². The summed E-state index contributed by atoms with van der Waals surface area (Å²) in [6, 6.07) is 0. The molecule has 0 amide bonds. The Kier molecular flexibility index (Phi) is 4.36. The Hall–Kier alpha value is -0.990. The molecule has 0 heterocycles. The first-order valence-corrected chi connectivity index (χ1v) is 4.74. The number of allylic oxidation sites excluding steroid dienone is 1. The summed E-state index contributed by atoms with van der Waals surface area (Å²) in [4.78, 5) is 10.8. The number of methoxy groups -OCH3 is 1. The minimum Gasteiger partial charge on any atom is -0.438 e. The van der Waals surface area contributed by atoms with Gasteiger partial charge in [0.1, 0.15) is 6.10 Å². The van der Waals surface area contributed by atoms with Gasteiger partial charge in [0.15, 0.2) is 0 Å². The van der Waals surface area contributed by atoms with Crippen LogP contribution in [0.25, 0.3) is 0 Å². The molecule has 0 aromatic heterocycles. The maximum atomic E-state index is 10.8. The van der Waals surface area contributed by atoms with Crippen molar-refractivity contribution in [2.45, 2.75) is 38.2 Å². The molecule has 0 fully saturated rings. The molecule has 3 heteroatoms. The highest BCUT2D eigenvalue weighted by Gasteiger charge is 2.11. The average molecular weight is 184 g/mol. The highest BCUT2D eigenvalue weighted by atomic mass is 16.7. The van der Waals surface area contributed by atoms with Gasteiger partial charge in [-0.15, -0.1) is 0 Å². The standard InChI is InChI=1S/C10H16O3/c1-12-10(11)13-9-7-5-3-2-4-6-8-9/h5,7,9H,2-4,6,8H2,1H3. The Morgan fingerprint density at radius 3 is 3.00 bits per heavy atom. The second-order valence-electron chi connectivity index (χ2n) is 3.18. The van der Waals surface area contributed by atoms with Gasteiger partial charge < -0.3 is 9.47 Å². The van der Waals surface area contributed by atoms with Crippen molar-refractivity contribution in [3.05, 3.63) is 12.2 Å². The Morgan fingerprint density at radius 2 is 2.23 bits per heavy atom. The van der Waals surface area contributed by atoms with Crippen LogP contribution in [0.3, 0.4) is 0 Å². The number of carbonyl (C=O) groups excluding carboxylic acids is 1. The van der Waals surface area contributed by atoms with Crippen molar-refractivity contribution in [1.29, 1.82) is 0 Å². The van der Waals surface area contributed by atoms with E-state index in [1.807, 2.05) is 6.08 Å². The Balaban J connectivity index is 2.37. The molecule has 0 aromatic rings. The molecular weight excluding hydrogens is 168 g/mol. The van der Waals surface area contributed by atoms with Crippen LogP contribution in [0.15, 0.2) is 12.2 Å². The fourth-order valence-corrected chi connectivity index (χ4v) is 1.40. The van der Waals surface area contributed by atoms with Crippen molar-refractivity contribution in [3.8, 4) is 0 Å². The van der Waals surface area contributed by atoms with Crippen molar-refractivity contribution < 1.29 is 14.3 Å². The van der Waals surface area contributed by atoms with Gasteiger partial charge in [0.25, 0.3) is 0 Å². The fraction of sp³-hybridized carbons (Fsp3) is 0.700. The van der Waals surface area contributed by atoms with Crippen LogP contribution in [0, 0.1) is 0 Å². The molecule has 0 aromatic carbocycles. The van der Waals surface area contributed by atoms with E-state index >= 15 is 0 Å². The van der Waals surface area contributed by atoms with E-state index in [2.05, 4.69) is 10.8 Å². The summed E-state index contributed by atoms with van der Waals surface area (Å²) in [6.45, 7) is 0. The number of hydrogen-bond acceptors (Lipinski definition) is 3. The summed E-state index contributed by atoms with van der Waals surface area (Å²) in [5.41, 5.74) is 0. The van der Waals surface area contributed by atoms with Crippen LogP contribution < -0.4 is 0 Å². The zero-order valence-corrected chi connectivity index (χ0v) is 7.99. The Labute approximate surface area is 78.7 Å². The molecule has 0 saturated heterocycles. The van der Waals surface area contributed by atoms with E-state index in [1.54, 1.807) is 0 Å². The summed E-state index contributed by atoms with van der Waals surface area (Å²) in [7, 11) is 1.33. The molecule has 1 unspecified atom stereocenters. The van der Waals surface area contributed by atoms with Crippen LogP contribution in [0.1, 0.15) is 32.1 Å². The predicted octanol–water partition coefficient (Wildman–Crippen LogP) is 2.66. The third kappa shape index (κ3) is 3.97. The zero-order chi connectivity index (χ0) is 9.52. The second-order valence-corrected chi connectivity index (χ2v) is 3.18. The summed E-state index contributed by atoms with van der Waals surface area (Å²) in [5.74, 6) is 0. The average Bonchev–Trinajstić information content (AvgIpc) is 2.09. The Morgan fingerprint density at radius 1 is 1.38 bits per heavy atom. The highest BCUT2D eigenvalue weighted by molar-refractivity contribution is 5.60. The van der Waals surface area contributed by atoms with Crippen molar-refractivity contribution in [1.82, 2.24) is 0 Å². The van der Waals surface area contributed by atoms with Crippen LogP contribution in [0.4, 0.5) is 4.79 Å². The quantitative estimate of drug-likeness (QED) is 0.464. The molecule has 0 spiro atoms. The lowest BCUT2D eigenvalue weighted by Gasteiger charge is -2.14. The third-order valence-corrected chi connectivity index (χ3v) is 2.12. The van der Waals surface area contributed by atoms with E-state index in [4.69, 9.17) is 4.74 Å². The van der Waals surface area contributed by atoms with Gasteiger partial charge in [0, 0.05) is 0 Å². The SMILES string of the molecule is COC(=O)OC1C=CCCCCC1. The van der Waals surface area contributed by atoms with Crippen LogP contribution in [-0.2, 0) is 9.47 Å². The van der Waals surface area contributed by atoms with Gasteiger partial charge in [0.2, 0.25) is 0 Å². The van der Waals surface area contributed by atoms with Gasteiger partial charge in [0.05, 0.1) is 7.11 Å². The monoisotopic (exact) mass is 184 g/mol. The maximum Gasteiger partial charge on any atom is 0.508 e. The van der Waals surface area contributed by atoms with E-state index in [0.717, 1.165) is 19.3 Å². The van der Waals surface area contributed by atoms with Gasteiger partial charge in [-0.05, 0) is 31.8 Å². The molecule has 3 nitrogen and oxygen atoms in total. The Bertz CT molecular complexity index is 187. The lowest BCUT2D eigenvalue weighted by atomic mass is 10.0. The first-order chi connectivity index (χ1) is 6.33. The van der Waals surface area contributed by atoms with Gasteiger partial charge in [-0.3, -0.25) is 0 Å². The van der Waals surface area contributed by atoms with Gasteiger partial charge in [-0.25, -0.2) is 4.79 Å². The lowest BCUT2D eigenvalue weighted by molar-refractivity contribution is 0.0488. The van der Waals surface area contributed by atoms with Crippen LogP contribution >= 0.6 is 0 Å². The van der Waals surface area contributed by atoms with E-state index in [9.17, 15) is 4.79 Å². The van der Waals surface area contributed by atoms with Gasteiger partial charge >= 0.3 is 6.16 Å². The number of hydrogen-bond donors (Lipinski definition) is 0. The van der Waals surface area contributed by atoms with E-state index in [1.165, 1.54) is 20.0 Å². The fourth-order valence-electron chi connectivity index (χ4n) is 1.40. The number of ether oxygens (including phenoxy) is 2. The zero-order valence-electron chi connectivity index (χ0n) is 7.99. The van der Waals surface area contributed by atoms with E-state index < -0.39 is 6.16 Å². The molecule has 13 heavy (non-hydrogen) atoms. The largest absolute Gasteiger partial charge is 0.508 e. The molecule has 0 saturated carbocycles. The molecule has 0 aliphatic heterocycles. The molecule has 1 atom stereocenters. The van der Waals surface area contributed by atoms with Gasteiger partial charge in [-0.2, -0.15) is 0 Å². The number of rotatable bonds is 1. The minimum absolute atomic E-state index is 0.0900. The topological polar surface area (TPSA) is 35.5 Å². The van der Waals surface area contributed by atoms with E-state index in [0.29, 0.717) is 0 Å². The first-order valence-electron chi connectivity index (χ1n) is 4.74. The molecular formula is C10H16O3. The van der Waals surface area contributed by atoms with Crippen LogP contribution in [-0.4, -0.2) is 19.4 Å². The molecule has 0 radical (unpaired) electrons. The van der Waals surface area contributed by atoms with Crippen LogP contribution in [0.2, 0.25) is 0 Å². The minimum atomic E-state index is -0.588. The predicted molar refractivity (Wildman–Crippen MR) is 49.5 cm³/mol. The molecule has 74 valence electrons. The van der Waals surface area contributed by atoms with Crippen molar-refractivity contribution >= 4 is 6.16 Å². The van der Waals surface area contributed by atoms with E-state index in [-0.39, 0.29) is 6.10 Å². The number of carbonyl (C=O) groups is 1. The van der Waals surface area contributed by atoms with Crippen molar-refractivity contribution in [3.63, 3.8) is 0 Å². The smallest absolute Gasteiger partial charge is 0.438 e. The molecule has 1 rings (SSSR count). The highest BCUT2D eigenvalue weighted by Crippen LogP contribution is 2.14. The second kappa shape index (κ2) is 5.62. The third-order valence-electron chi connectivity index (χ3n) is 2.12. The molecule has 1 aliphatic rings. The molecule has 1 aliphatic carbocycles. The lowest BCUT2D eigenvalue weighted by Crippen LogP contribution is -2.16. The summed E-state index contributed by atoms with van der Waals surface area (Å²) < 4.78 is 9.46. The molecule has 0 bridgehead atoms.